The molecule has 0 atom stereocenters. The summed E-state index contributed by atoms with van der Waals surface area (Å²) >= 11 is 1.77. The van der Waals surface area contributed by atoms with E-state index in [4.69, 9.17) is 4.74 Å². The zero-order valence-corrected chi connectivity index (χ0v) is 19.9. The van der Waals surface area contributed by atoms with Gasteiger partial charge in [0.15, 0.2) is 11.4 Å². The fourth-order valence-electron chi connectivity index (χ4n) is 4.56. The van der Waals surface area contributed by atoms with Gasteiger partial charge in [-0.2, -0.15) is 0 Å². The monoisotopic (exact) mass is 473 g/mol. The number of rotatable bonds is 7. The first-order chi connectivity index (χ1) is 16.6. The minimum absolute atomic E-state index is 0.0556. The number of carboxylic acids is 1. The second-order valence-corrected chi connectivity index (χ2v) is 9.71. The summed E-state index contributed by atoms with van der Waals surface area (Å²) in [5.41, 5.74) is 2.75. The Balaban J connectivity index is 1.24. The second-order valence-electron chi connectivity index (χ2n) is 8.76. The molecule has 1 fully saturated rings. The number of hydrogen-bond donors (Lipinski definition) is 1. The van der Waals surface area contributed by atoms with Crippen molar-refractivity contribution in [3.05, 3.63) is 82.8 Å². The van der Waals surface area contributed by atoms with Crippen LogP contribution >= 0.6 is 11.3 Å². The van der Waals surface area contributed by atoms with Crippen LogP contribution in [-0.4, -0.2) is 34.1 Å². The number of aromatic nitrogens is 2. The van der Waals surface area contributed by atoms with Crippen LogP contribution in [0, 0.1) is 12.8 Å². The van der Waals surface area contributed by atoms with Gasteiger partial charge in [0.25, 0.3) is 0 Å². The Morgan fingerprint density at radius 1 is 1.12 bits per heavy atom. The zero-order valence-electron chi connectivity index (χ0n) is 19.1. The molecule has 1 aliphatic rings. The fourth-order valence-corrected chi connectivity index (χ4v) is 5.33. The summed E-state index contributed by atoms with van der Waals surface area (Å²) in [6.07, 6.45) is 2.73. The molecule has 1 saturated heterocycles. The lowest BCUT2D eigenvalue weighted by molar-refractivity contribution is 0.0683. The molecule has 0 radical (unpaired) electrons. The minimum Gasteiger partial charge on any atom is -0.484 e. The van der Waals surface area contributed by atoms with Crippen LogP contribution in [0.15, 0.2) is 60.0 Å². The standard InChI is InChI=1S/C27H27N3O3S/c1-18-26(33-17-20-5-3-2-4-6-20)25(27(31)32)29-24(28-18)15-19-9-12-30(13-10-19)22-7-8-23-21(16-22)11-14-34-23/h2-8,11,14,16,19H,9-10,12-13,15,17H2,1H3,(H,31,32). The largest absolute Gasteiger partial charge is 0.484 e. The average Bonchev–Trinajstić information content (AvgIpc) is 3.32. The molecule has 2 aromatic carbocycles. The highest BCUT2D eigenvalue weighted by Gasteiger charge is 2.24. The van der Waals surface area contributed by atoms with Crippen molar-refractivity contribution in [2.24, 2.45) is 5.92 Å². The topological polar surface area (TPSA) is 75.6 Å². The van der Waals surface area contributed by atoms with Crippen LogP contribution in [0.1, 0.15) is 40.4 Å². The Morgan fingerprint density at radius 3 is 2.68 bits per heavy atom. The van der Waals surface area contributed by atoms with E-state index in [0.717, 1.165) is 31.5 Å². The number of nitrogens with zero attached hydrogens (tertiary/aromatic N) is 3. The summed E-state index contributed by atoms with van der Waals surface area (Å²) in [5.74, 6) is 0.172. The number of fused-ring (bicyclic) bond motifs is 1. The lowest BCUT2D eigenvalue weighted by atomic mass is 9.92. The molecule has 0 aliphatic carbocycles. The van der Waals surface area contributed by atoms with Crippen molar-refractivity contribution in [3.63, 3.8) is 0 Å². The van der Waals surface area contributed by atoms with E-state index in [1.54, 1.807) is 18.3 Å². The van der Waals surface area contributed by atoms with E-state index in [1.165, 1.54) is 15.8 Å². The zero-order chi connectivity index (χ0) is 23.5. The molecule has 34 heavy (non-hydrogen) atoms. The molecule has 0 spiro atoms. The lowest BCUT2D eigenvalue weighted by Crippen LogP contribution is -2.34. The van der Waals surface area contributed by atoms with Gasteiger partial charge < -0.3 is 14.7 Å². The number of hydrogen-bond acceptors (Lipinski definition) is 6. The predicted octanol–water partition coefficient (Wildman–Crippen LogP) is 5.74. The fraction of sp³-hybridized carbons (Fsp3) is 0.296. The molecule has 174 valence electrons. The molecule has 1 N–H and O–H groups in total. The van der Waals surface area contributed by atoms with E-state index in [1.807, 2.05) is 30.3 Å². The van der Waals surface area contributed by atoms with Crippen LogP contribution in [0.3, 0.4) is 0 Å². The van der Waals surface area contributed by atoms with Crippen molar-refractivity contribution in [2.75, 3.05) is 18.0 Å². The predicted molar refractivity (Wildman–Crippen MR) is 135 cm³/mol. The maximum absolute atomic E-state index is 11.9. The molecular weight excluding hydrogens is 446 g/mol. The number of piperidine rings is 1. The van der Waals surface area contributed by atoms with Gasteiger partial charge in [0.05, 0.1) is 5.69 Å². The highest BCUT2D eigenvalue weighted by Crippen LogP contribution is 2.30. The number of benzene rings is 2. The first-order valence-corrected chi connectivity index (χ1v) is 12.4. The molecule has 0 unspecified atom stereocenters. The van der Waals surface area contributed by atoms with Crippen molar-refractivity contribution in [2.45, 2.75) is 32.8 Å². The number of aryl methyl sites for hydroxylation is 1. The molecular formula is C27H27N3O3S. The molecule has 4 aromatic rings. The van der Waals surface area contributed by atoms with Crippen molar-refractivity contribution in [3.8, 4) is 5.75 Å². The minimum atomic E-state index is -1.09. The van der Waals surface area contributed by atoms with Crippen LogP contribution in [0.2, 0.25) is 0 Å². The molecule has 0 saturated carbocycles. The molecule has 6 nitrogen and oxygen atoms in total. The Bertz CT molecular complexity index is 1300. The number of anilines is 1. The van der Waals surface area contributed by atoms with Gasteiger partial charge in [0.1, 0.15) is 12.4 Å². The SMILES string of the molecule is Cc1nc(CC2CCN(c3ccc4sccc4c3)CC2)nc(C(=O)O)c1OCc1ccccc1. The first kappa shape index (κ1) is 22.3. The van der Waals surface area contributed by atoms with Gasteiger partial charge in [-0.05, 0) is 66.3 Å². The highest BCUT2D eigenvalue weighted by atomic mass is 32.1. The quantitative estimate of drug-likeness (QED) is 0.369. The third-order valence-electron chi connectivity index (χ3n) is 6.40. The van der Waals surface area contributed by atoms with Crippen LogP contribution < -0.4 is 9.64 Å². The molecule has 5 rings (SSSR count). The molecule has 7 heteroatoms. The van der Waals surface area contributed by atoms with E-state index in [-0.39, 0.29) is 18.1 Å². The average molecular weight is 474 g/mol. The van der Waals surface area contributed by atoms with Gasteiger partial charge in [0.2, 0.25) is 0 Å². The van der Waals surface area contributed by atoms with Gasteiger partial charge in [-0.25, -0.2) is 14.8 Å². The van der Waals surface area contributed by atoms with Crippen LogP contribution in [0.4, 0.5) is 5.69 Å². The van der Waals surface area contributed by atoms with Gasteiger partial charge in [-0.15, -0.1) is 11.3 Å². The normalized spacial score (nSPS) is 14.4. The number of ether oxygens (including phenoxy) is 1. The molecule has 1 aliphatic heterocycles. The summed E-state index contributed by atoms with van der Waals surface area (Å²) in [4.78, 5) is 23.4. The van der Waals surface area contributed by atoms with E-state index in [2.05, 4.69) is 44.5 Å². The van der Waals surface area contributed by atoms with Crippen molar-refractivity contribution < 1.29 is 14.6 Å². The van der Waals surface area contributed by atoms with Crippen molar-refractivity contribution >= 4 is 33.1 Å². The molecule has 3 heterocycles. The maximum atomic E-state index is 11.9. The number of carbonyl (C=O) groups is 1. The summed E-state index contributed by atoms with van der Waals surface area (Å²) < 4.78 is 7.15. The summed E-state index contributed by atoms with van der Waals surface area (Å²) in [6.45, 7) is 4.02. The van der Waals surface area contributed by atoms with Crippen molar-refractivity contribution in [1.82, 2.24) is 9.97 Å². The second kappa shape index (κ2) is 9.81. The van der Waals surface area contributed by atoms with E-state index >= 15 is 0 Å². The summed E-state index contributed by atoms with van der Waals surface area (Å²) in [7, 11) is 0. The van der Waals surface area contributed by atoms with Crippen LogP contribution in [0.5, 0.6) is 5.75 Å². The van der Waals surface area contributed by atoms with E-state index in [9.17, 15) is 9.90 Å². The van der Waals surface area contributed by atoms with Gasteiger partial charge in [-0.3, -0.25) is 0 Å². The van der Waals surface area contributed by atoms with Crippen LogP contribution in [-0.2, 0) is 13.0 Å². The molecule has 0 bridgehead atoms. The number of carboxylic acid groups (broad SMARTS) is 1. The maximum Gasteiger partial charge on any atom is 0.358 e. The number of aromatic carboxylic acids is 1. The van der Waals surface area contributed by atoms with E-state index in [0.29, 0.717) is 23.9 Å². The van der Waals surface area contributed by atoms with Crippen LogP contribution in [0.25, 0.3) is 10.1 Å². The van der Waals surface area contributed by atoms with Gasteiger partial charge in [-0.1, -0.05) is 30.3 Å². The van der Waals surface area contributed by atoms with Crippen molar-refractivity contribution in [1.29, 1.82) is 0 Å². The number of thiophene rings is 1. The summed E-state index contributed by atoms with van der Waals surface area (Å²) in [6, 6.07) is 18.5. The molecule has 0 amide bonds. The smallest absolute Gasteiger partial charge is 0.358 e. The van der Waals surface area contributed by atoms with Gasteiger partial charge in [0, 0.05) is 29.9 Å². The van der Waals surface area contributed by atoms with E-state index < -0.39 is 5.97 Å². The Morgan fingerprint density at radius 2 is 1.91 bits per heavy atom. The Hall–Kier alpha value is -3.45. The third kappa shape index (κ3) is 4.89. The first-order valence-electron chi connectivity index (χ1n) is 11.6. The molecule has 2 aromatic heterocycles. The summed E-state index contributed by atoms with van der Waals surface area (Å²) in [5, 5.41) is 13.2. The Labute approximate surface area is 202 Å². The Kier molecular flexibility index (Phi) is 6.45. The third-order valence-corrected chi connectivity index (χ3v) is 7.29. The lowest BCUT2D eigenvalue weighted by Gasteiger charge is -2.33. The van der Waals surface area contributed by atoms with Gasteiger partial charge >= 0.3 is 5.97 Å². The highest BCUT2D eigenvalue weighted by molar-refractivity contribution is 7.17.